The SMILES string of the molecule is CCO[Si](OCC)(OCC)C(=C(C)C)C1COC/C1=C\c1ccccc1. The third-order valence-corrected chi connectivity index (χ3v) is 7.89. The van der Waals surface area contributed by atoms with E-state index in [1.54, 1.807) is 0 Å². The van der Waals surface area contributed by atoms with Gasteiger partial charge in [-0.25, -0.2) is 0 Å². The standard InChI is InChI=1S/C21H32O4Si/c1-6-23-26(24-7-2,25-8-3)21(17(4)5)20-16-22-15-19(20)14-18-12-10-9-11-13-18/h9-14,20H,6-8,15-16H2,1-5H3/b19-14+. The zero-order valence-electron chi connectivity index (χ0n) is 16.7. The van der Waals surface area contributed by atoms with E-state index in [-0.39, 0.29) is 5.92 Å². The number of allylic oxidation sites excluding steroid dienone is 1. The lowest BCUT2D eigenvalue weighted by atomic mass is 9.97. The molecule has 0 saturated carbocycles. The largest absolute Gasteiger partial charge is 0.533 e. The first-order valence-electron chi connectivity index (χ1n) is 9.50. The quantitative estimate of drug-likeness (QED) is 0.588. The smallest absolute Gasteiger partial charge is 0.376 e. The van der Waals surface area contributed by atoms with Gasteiger partial charge in [-0.2, -0.15) is 0 Å². The summed E-state index contributed by atoms with van der Waals surface area (Å²) < 4.78 is 24.5. The molecule has 1 aliphatic heterocycles. The molecule has 5 heteroatoms. The lowest BCUT2D eigenvalue weighted by molar-refractivity contribution is 0.0769. The van der Waals surface area contributed by atoms with Crippen LogP contribution < -0.4 is 0 Å². The van der Waals surface area contributed by atoms with Crippen LogP contribution in [0.2, 0.25) is 0 Å². The van der Waals surface area contributed by atoms with E-state index in [1.807, 2.05) is 26.8 Å². The number of benzene rings is 1. The maximum atomic E-state index is 6.20. The Morgan fingerprint density at radius 1 is 1.04 bits per heavy atom. The van der Waals surface area contributed by atoms with Crippen molar-refractivity contribution in [2.75, 3.05) is 33.0 Å². The molecule has 0 radical (unpaired) electrons. The monoisotopic (exact) mass is 376 g/mol. The fraction of sp³-hybridized carbons (Fsp3) is 0.524. The number of rotatable bonds is 9. The van der Waals surface area contributed by atoms with Gasteiger partial charge in [0, 0.05) is 30.9 Å². The number of hydrogen-bond acceptors (Lipinski definition) is 4. The summed E-state index contributed by atoms with van der Waals surface area (Å²) in [5, 5.41) is 1.16. The molecule has 1 aromatic carbocycles. The average Bonchev–Trinajstić information content (AvgIpc) is 3.04. The topological polar surface area (TPSA) is 36.9 Å². The minimum Gasteiger partial charge on any atom is -0.376 e. The summed E-state index contributed by atoms with van der Waals surface area (Å²) in [6.07, 6.45) is 2.23. The molecule has 1 heterocycles. The second kappa shape index (κ2) is 10.2. The van der Waals surface area contributed by atoms with Gasteiger partial charge in [0.05, 0.1) is 13.2 Å². The highest BCUT2D eigenvalue weighted by atomic mass is 28.4. The van der Waals surface area contributed by atoms with Crippen LogP contribution in [0.4, 0.5) is 0 Å². The van der Waals surface area contributed by atoms with Gasteiger partial charge in [0.1, 0.15) is 0 Å². The third kappa shape index (κ3) is 4.93. The van der Waals surface area contributed by atoms with E-state index < -0.39 is 8.80 Å². The van der Waals surface area contributed by atoms with Crippen molar-refractivity contribution in [2.45, 2.75) is 34.6 Å². The number of ether oxygens (including phenoxy) is 1. The van der Waals surface area contributed by atoms with E-state index in [4.69, 9.17) is 18.0 Å². The zero-order valence-corrected chi connectivity index (χ0v) is 17.7. The van der Waals surface area contributed by atoms with E-state index in [2.05, 4.69) is 44.2 Å². The van der Waals surface area contributed by atoms with Crippen molar-refractivity contribution in [3.8, 4) is 0 Å². The summed E-state index contributed by atoms with van der Waals surface area (Å²) in [5.74, 6) is 0.136. The Balaban J connectivity index is 2.47. The first-order chi connectivity index (χ1) is 12.6. The van der Waals surface area contributed by atoms with Gasteiger partial charge >= 0.3 is 8.80 Å². The van der Waals surface area contributed by atoms with Gasteiger partial charge in [0.25, 0.3) is 0 Å². The maximum absolute atomic E-state index is 6.20. The molecule has 0 aromatic heterocycles. The van der Waals surface area contributed by atoms with Crippen LogP contribution >= 0.6 is 0 Å². The van der Waals surface area contributed by atoms with E-state index in [0.29, 0.717) is 33.0 Å². The first kappa shape index (κ1) is 21.1. The second-order valence-corrected chi connectivity index (χ2v) is 8.98. The summed E-state index contributed by atoms with van der Waals surface area (Å²) in [4.78, 5) is 0. The van der Waals surface area contributed by atoms with E-state index in [9.17, 15) is 0 Å². The molecule has 2 rings (SSSR count). The summed E-state index contributed by atoms with van der Waals surface area (Å²) in [6.45, 7) is 13.2. The highest BCUT2D eigenvalue weighted by Crippen LogP contribution is 2.37. The molecule has 0 spiro atoms. The molecule has 1 fully saturated rings. The van der Waals surface area contributed by atoms with Crippen LogP contribution in [0.15, 0.2) is 46.7 Å². The Morgan fingerprint density at radius 3 is 2.12 bits per heavy atom. The summed E-state index contributed by atoms with van der Waals surface area (Å²) in [7, 11) is -2.95. The van der Waals surface area contributed by atoms with E-state index >= 15 is 0 Å². The van der Waals surface area contributed by atoms with Gasteiger partial charge in [-0.1, -0.05) is 42.0 Å². The molecule has 1 atom stereocenters. The molecule has 1 aliphatic rings. The molecule has 4 nitrogen and oxygen atoms in total. The lowest BCUT2D eigenvalue weighted by Crippen LogP contribution is -2.51. The van der Waals surface area contributed by atoms with Crippen molar-refractivity contribution in [3.63, 3.8) is 0 Å². The normalized spacial score (nSPS) is 19.1. The summed E-state index contributed by atoms with van der Waals surface area (Å²) >= 11 is 0. The van der Waals surface area contributed by atoms with E-state index in [1.165, 1.54) is 16.7 Å². The van der Waals surface area contributed by atoms with Gasteiger partial charge in [0.2, 0.25) is 0 Å². The van der Waals surface area contributed by atoms with Gasteiger partial charge < -0.3 is 18.0 Å². The van der Waals surface area contributed by atoms with Crippen molar-refractivity contribution >= 4 is 14.9 Å². The maximum Gasteiger partial charge on any atom is 0.533 e. The van der Waals surface area contributed by atoms with Crippen LogP contribution in [0.3, 0.4) is 0 Å². The molecule has 144 valence electrons. The fourth-order valence-corrected chi connectivity index (χ4v) is 6.64. The van der Waals surface area contributed by atoms with Gasteiger partial charge in [-0.15, -0.1) is 0 Å². The first-order valence-corrected chi connectivity index (χ1v) is 11.2. The molecule has 0 N–H and O–H groups in total. The van der Waals surface area contributed by atoms with Crippen LogP contribution in [0.5, 0.6) is 0 Å². The molecular weight excluding hydrogens is 344 g/mol. The zero-order chi connectivity index (χ0) is 19.0. The van der Waals surface area contributed by atoms with Gasteiger partial charge in [-0.05, 0) is 45.8 Å². The number of hydrogen-bond donors (Lipinski definition) is 0. The summed E-state index contributed by atoms with van der Waals surface area (Å²) in [6, 6.07) is 10.4. The van der Waals surface area contributed by atoms with Crippen molar-refractivity contribution in [1.29, 1.82) is 0 Å². The Bertz CT molecular complexity index is 603. The minimum atomic E-state index is -2.95. The predicted octanol–water partition coefficient (Wildman–Crippen LogP) is 4.64. The molecule has 0 amide bonds. The average molecular weight is 377 g/mol. The Morgan fingerprint density at radius 2 is 1.62 bits per heavy atom. The molecule has 26 heavy (non-hydrogen) atoms. The third-order valence-electron chi connectivity index (χ3n) is 4.37. The molecule has 0 bridgehead atoms. The van der Waals surface area contributed by atoms with Crippen LogP contribution in [0, 0.1) is 5.92 Å². The Labute approximate surface area is 159 Å². The molecule has 1 unspecified atom stereocenters. The summed E-state index contributed by atoms with van der Waals surface area (Å²) in [5.41, 5.74) is 3.63. The molecular formula is C21H32O4Si. The second-order valence-electron chi connectivity index (χ2n) is 6.47. The highest BCUT2D eigenvalue weighted by Gasteiger charge is 2.50. The van der Waals surface area contributed by atoms with Crippen molar-refractivity contribution < 1.29 is 18.0 Å². The predicted molar refractivity (Wildman–Crippen MR) is 108 cm³/mol. The fourth-order valence-electron chi connectivity index (χ4n) is 3.47. The van der Waals surface area contributed by atoms with Crippen LogP contribution in [0.25, 0.3) is 6.08 Å². The Kier molecular flexibility index (Phi) is 8.25. The van der Waals surface area contributed by atoms with Crippen molar-refractivity contribution in [1.82, 2.24) is 0 Å². The van der Waals surface area contributed by atoms with Crippen LogP contribution in [-0.2, 0) is 18.0 Å². The van der Waals surface area contributed by atoms with Crippen molar-refractivity contribution in [3.05, 3.63) is 52.2 Å². The van der Waals surface area contributed by atoms with Gasteiger partial charge in [-0.3, -0.25) is 0 Å². The molecule has 0 aliphatic carbocycles. The van der Waals surface area contributed by atoms with Crippen LogP contribution in [0.1, 0.15) is 40.2 Å². The molecule has 1 aromatic rings. The van der Waals surface area contributed by atoms with Gasteiger partial charge in [0.15, 0.2) is 0 Å². The highest BCUT2D eigenvalue weighted by molar-refractivity contribution is 6.69. The Hall–Kier alpha value is -1.24. The molecule has 1 saturated heterocycles. The van der Waals surface area contributed by atoms with Crippen LogP contribution in [-0.4, -0.2) is 41.8 Å². The van der Waals surface area contributed by atoms with Crippen molar-refractivity contribution in [2.24, 2.45) is 5.92 Å². The minimum absolute atomic E-state index is 0.136. The lowest BCUT2D eigenvalue weighted by Gasteiger charge is -2.34. The van der Waals surface area contributed by atoms with E-state index in [0.717, 1.165) is 5.20 Å².